The number of benzene rings is 2. The van der Waals surface area contributed by atoms with Gasteiger partial charge in [0, 0.05) is 11.6 Å². The third kappa shape index (κ3) is 2.79. The van der Waals surface area contributed by atoms with Crippen LogP contribution in [0.25, 0.3) is 22.2 Å². The molecule has 23 heavy (non-hydrogen) atoms. The van der Waals surface area contributed by atoms with Gasteiger partial charge in [0.25, 0.3) is 0 Å². The van der Waals surface area contributed by atoms with Crippen LogP contribution >= 0.6 is 0 Å². The van der Waals surface area contributed by atoms with Gasteiger partial charge in [-0.1, -0.05) is 29.4 Å². The summed E-state index contributed by atoms with van der Waals surface area (Å²) in [5, 5.41) is 13.8. The minimum absolute atomic E-state index is 0. The Morgan fingerprint density at radius 2 is 1.91 bits per heavy atom. The van der Waals surface area contributed by atoms with E-state index in [1.807, 2.05) is 31.2 Å². The molecule has 0 saturated carbocycles. The van der Waals surface area contributed by atoms with Gasteiger partial charge in [0.1, 0.15) is 5.69 Å². The van der Waals surface area contributed by atoms with Gasteiger partial charge in [-0.2, -0.15) is 0 Å². The first-order valence-electron chi connectivity index (χ1n) is 6.69. The first-order valence-corrected chi connectivity index (χ1v) is 6.69. The molecule has 0 fully saturated rings. The molecule has 112 valence electrons. The Balaban J connectivity index is 0.00000104. The van der Waals surface area contributed by atoms with E-state index in [0.29, 0.717) is 22.8 Å². The molecule has 0 saturated heterocycles. The second-order valence-corrected chi connectivity index (χ2v) is 5.05. The summed E-state index contributed by atoms with van der Waals surface area (Å²) in [6.07, 6.45) is -1.32. The summed E-state index contributed by atoms with van der Waals surface area (Å²) >= 11 is 0. The fourth-order valence-electron chi connectivity index (χ4n) is 2.52. The van der Waals surface area contributed by atoms with Crippen LogP contribution in [-0.4, -0.2) is 22.5 Å². The molecule has 0 bridgehead atoms. The molecule has 2 heterocycles. The number of fused-ring (bicyclic) bond motifs is 2. The van der Waals surface area contributed by atoms with Crippen molar-refractivity contribution in [1.29, 1.82) is 0 Å². The van der Waals surface area contributed by atoms with Crippen molar-refractivity contribution >= 4 is 16.9 Å². The zero-order valence-electron chi connectivity index (χ0n) is 13.6. The van der Waals surface area contributed by atoms with Crippen LogP contribution in [0.2, 0.25) is 0 Å². The van der Waals surface area contributed by atoms with Gasteiger partial charge in [-0.15, -0.1) is 0 Å². The van der Waals surface area contributed by atoms with Crippen molar-refractivity contribution in [3.8, 4) is 22.8 Å². The second kappa shape index (κ2) is 6.25. The van der Waals surface area contributed by atoms with E-state index >= 15 is 0 Å². The Bertz CT molecular complexity index is 911. The number of carboxylic acids is 1. The Labute approximate surface area is 175 Å². The summed E-state index contributed by atoms with van der Waals surface area (Å²) in [7, 11) is 0. The van der Waals surface area contributed by atoms with Crippen molar-refractivity contribution in [1.82, 2.24) is 5.16 Å². The average Bonchev–Trinajstić information content (AvgIpc) is 3.08. The van der Waals surface area contributed by atoms with E-state index in [9.17, 15) is 4.79 Å². The summed E-state index contributed by atoms with van der Waals surface area (Å²) < 4.78 is 15.8. The molecular weight excluding hydrogens is 325 g/mol. The Morgan fingerprint density at radius 3 is 2.61 bits per heavy atom. The number of ether oxygens (including phenoxy) is 2. The van der Waals surface area contributed by atoms with E-state index < -0.39 is 12.3 Å². The number of aryl methyl sites for hydroxylation is 1. The van der Waals surface area contributed by atoms with Crippen molar-refractivity contribution in [2.24, 2.45) is 0 Å². The zero-order chi connectivity index (χ0) is 15.3. The predicted molar refractivity (Wildman–Crippen MR) is 78.0 cm³/mol. The fourth-order valence-corrected chi connectivity index (χ4v) is 2.52. The summed E-state index contributed by atoms with van der Waals surface area (Å²) in [6.45, 7) is 1.99. The zero-order valence-corrected chi connectivity index (χ0v) is 15.7. The van der Waals surface area contributed by atoms with Crippen molar-refractivity contribution in [3.05, 3.63) is 42.0 Å². The monoisotopic (exact) mass is 337 g/mol. The van der Waals surface area contributed by atoms with Crippen LogP contribution in [0, 0.1) is 6.92 Å². The van der Waals surface area contributed by atoms with E-state index in [1.54, 1.807) is 12.1 Å². The topological polar surface area (TPSA) is 81.8 Å². The van der Waals surface area contributed by atoms with Crippen LogP contribution in [0.1, 0.15) is 6.99 Å². The molecule has 1 atom stereocenters. The minimum atomic E-state index is -1.32. The Morgan fingerprint density at radius 1 is 1.22 bits per heavy atom. The standard InChI is InChI=1S/C16H11NO5.K.H/c1-8-4-2-3-5-9(8)14-10-6-12-13(7-11(10)22-17-14)21-16(20-12)15(18)19;;/h2-7,16H,1H3,(H,18,19);;/q;+1;-1. The molecular formula is C16H12KNO5. The summed E-state index contributed by atoms with van der Waals surface area (Å²) in [5.41, 5.74) is 3.23. The number of hydrogen-bond acceptors (Lipinski definition) is 5. The van der Waals surface area contributed by atoms with Gasteiger partial charge >= 0.3 is 63.6 Å². The Kier molecular flexibility index (Phi) is 4.48. The molecule has 1 aromatic heterocycles. The van der Waals surface area contributed by atoms with Crippen LogP contribution in [0.5, 0.6) is 11.5 Å². The van der Waals surface area contributed by atoms with Gasteiger partial charge < -0.3 is 20.5 Å². The molecule has 7 heteroatoms. The molecule has 0 aliphatic carbocycles. The van der Waals surface area contributed by atoms with Crippen LogP contribution < -0.4 is 60.9 Å². The molecule has 1 aliphatic rings. The predicted octanol–water partition coefficient (Wildman–Crippen LogP) is 0.102. The Hall–Kier alpha value is -1.38. The molecule has 4 rings (SSSR count). The smallest absolute Gasteiger partial charge is 1.00 e. The van der Waals surface area contributed by atoms with Crippen LogP contribution in [0.4, 0.5) is 0 Å². The maximum Gasteiger partial charge on any atom is 1.00 e. The molecule has 1 aliphatic heterocycles. The molecule has 6 nitrogen and oxygen atoms in total. The molecule has 1 N–H and O–H groups in total. The van der Waals surface area contributed by atoms with E-state index in [-0.39, 0.29) is 52.8 Å². The van der Waals surface area contributed by atoms with E-state index in [0.717, 1.165) is 16.5 Å². The molecule has 3 aromatic rings. The van der Waals surface area contributed by atoms with Crippen molar-refractivity contribution in [2.45, 2.75) is 13.2 Å². The summed E-state index contributed by atoms with van der Waals surface area (Å²) in [5.74, 6) is -0.463. The SMILES string of the molecule is Cc1ccccc1-c1noc2cc3c(cc12)OC(C(=O)O)O3.[H-].[K+]. The maximum atomic E-state index is 10.9. The molecule has 0 radical (unpaired) electrons. The van der Waals surface area contributed by atoms with E-state index in [4.69, 9.17) is 19.1 Å². The molecule has 2 aromatic carbocycles. The number of hydrogen-bond donors (Lipinski definition) is 1. The number of aromatic nitrogens is 1. The van der Waals surface area contributed by atoms with Crippen LogP contribution in [-0.2, 0) is 4.79 Å². The molecule has 0 spiro atoms. The number of rotatable bonds is 2. The number of aliphatic carboxylic acids is 1. The van der Waals surface area contributed by atoms with E-state index in [1.165, 1.54) is 0 Å². The number of carbonyl (C=O) groups is 1. The third-order valence-corrected chi connectivity index (χ3v) is 3.61. The minimum Gasteiger partial charge on any atom is -1.00 e. The van der Waals surface area contributed by atoms with Gasteiger partial charge in [-0.3, -0.25) is 0 Å². The summed E-state index contributed by atoms with van der Waals surface area (Å²) in [6, 6.07) is 11.1. The van der Waals surface area contributed by atoms with Gasteiger partial charge in [0.05, 0.1) is 5.39 Å². The second-order valence-electron chi connectivity index (χ2n) is 5.05. The average molecular weight is 337 g/mol. The third-order valence-electron chi connectivity index (χ3n) is 3.61. The maximum absolute atomic E-state index is 10.9. The normalized spacial score (nSPS) is 15.4. The van der Waals surface area contributed by atoms with Crippen LogP contribution in [0.15, 0.2) is 40.9 Å². The molecule has 0 amide bonds. The largest absolute Gasteiger partial charge is 1.00 e. The quantitative estimate of drug-likeness (QED) is 0.668. The van der Waals surface area contributed by atoms with Gasteiger partial charge in [-0.05, 0) is 18.6 Å². The van der Waals surface area contributed by atoms with Crippen LogP contribution in [0.3, 0.4) is 0 Å². The van der Waals surface area contributed by atoms with Crippen molar-refractivity contribution < 1.29 is 76.7 Å². The van der Waals surface area contributed by atoms with Gasteiger partial charge in [0.2, 0.25) is 0 Å². The number of carboxylic acid groups (broad SMARTS) is 1. The van der Waals surface area contributed by atoms with Crippen molar-refractivity contribution in [3.63, 3.8) is 0 Å². The van der Waals surface area contributed by atoms with E-state index in [2.05, 4.69) is 5.16 Å². The van der Waals surface area contributed by atoms with Gasteiger partial charge in [-0.25, -0.2) is 4.79 Å². The summed E-state index contributed by atoms with van der Waals surface area (Å²) in [4.78, 5) is 10.9. The van der Waals surface area contributed by atoms with Crippen molar-refractivity contribution in [2.75, 3.05) is 0 Å². The number of nitrogens with zero attached hydrogens (tertiary/aromatic N) is 1. The molecule has 1 unspecified atom stereocenters. The van der Waals surface area contributed by atoms with Gasteiger partial charge in [0.15, 0.2) is 17.1 Å². The fraction of sp³-hybridized carbons (Fsp3) is 0.125. The first-order chi connectivity index (χ1) is 10.6. The first kappa shape index (κ1) is 16.5.